The van der Waals surface area contributed by atoms with Gasteiger partial charge in [-0.2, -0.15) is 13.2 Å². The lowest BCUT2D eigenvalue weighted by atomic mass is 10.0. The first-order valence-electron chi connectivity index (χ1n) is 4.23. The molecule has 2 nitrogen and oxygen atoms in total. The summed E-state index contributed by atoms with van der Waals surface area (Å²) in [6.45, 7) is 0.000745. The average molecular weight is 204 g/mol. The van der Waals surface area contributed by atoms with Crippen LogP contribution in [0.4, 0.5) is 13.2 Å². The second-order valence-electron chi connectivity index (χ2n) is 2.93. The first-order valence-corrected chi connectivity index (χ1v) is 4.23. The van der Waals surface area contributed by atoms with Gasteiger partial charge in [-0.3, -0.25) is 4.98 Å². The van der Waals surface area contributed by atoms with Crippen LogP contribution in [0.5, 0.6) is 0 Å². The van der Waals surface area contributed by atoms with Crippen molar-refractivity contribution >= 4 is 0 Å². The van der Waals surface area contributed by atoms with Crippen molar-refractivity contribution in [1.82, 2.24) is 4.98 Å². The van der Waals surface area contributed by atoms with E-state index in [0.29, 0.717) is 0 Å². The number of nitrogens with zero attached hydrogens (tertiary/aromatic N) is 1. The Balaban J connectivity index is 2.89. The highest BCUT2D eigenvalue weighted by atomic mass is 19.4. The molecule has 0 saturated heterocycles. The summed E-state index contributed by atoms with van der Waals surface area (Å²) in [4.78, 5) is 3.69. The van der Waals surface area contributed by atoms with Crippen molar-refractivity contribution in [2.75, 3.05) is 6.54 Å². The minimum Gasteiger partial charge on any atom is -0.330 e. The third kappa shape index (κ3) is 2.70. The second-order valence-corrected chi connectivity index (χ2v) is 2.93. The molecule has 0 radical (unpaired) electrons. The van der Waals surface area contributed by atoms with Crippen LogP contribution in [0.1, 0.15) is 18.0 Å². The van der Waals surface area contributed by atoms with Gasteiger partial charge in [0, 0.05) is 6.20 Å². The van der Waals surface area contributed by atoms with Crippen LogP contribution in [0.25, 0.3) is 0 Å². The topological polar surface area (TPSA) is 38.9 Å². The van der Waals surface area contributed by atoms with Crippen molar-refractivity contribution in [2.24, 2.45) is 5.73 Å². The Hall–Kier alpha value is -1.10. The Morgan fingerprint density at radius 2 is 2.07 bits per heavy atom. The molecule has 0 aliphatic heterocycles. The van der Waals surface area contributed by atoms with Crippen LogP contribution in [0.2, 0.25) is 0 Å². The van der Waals surface area contributed by atoms with Crippen LogP contribution in [0, 0.1) is 0 Å². The van der Waals surface area contributed by atoms with Crippen molar-refractivity contribution in [3.8, 4) is 0 Å². The number of hydrogen-bond acceptors (Lipinski definition) is 2. The first-order chi connectivity index (χ1) is 6.55. The van der Waals surface area contributed by atoms with E-state index >= 15 is 0 Å². The Morgan fingerprint density at radius 3 is 2.50 bits per heavy atom. The van der Waals surface area contributed by atoms with Crippen molar-refractivity contribution < 1.29 is 13.2 Å². The minimum atomic E-state index is -4.27. The zero-order valence-corrected chi connectivity index (χ0v) is 7.46. The molecule has 0 bridgehead atoms. The smallest absolute Gasteiger partial charge is 0.330 e. The zero-order chi connectivity index (χ0) is 10.6. The fourth-order valence-corrected chi connectivity index (χ4v) is 1.23. The third-order valence-corrected chi connectivity index (χ3v) is 1.90. The summed E-state index contributed by atoms with van der Waals surface area (Å²) in [5.41, 5.74) is 5.17. The monoisotopic (exact) mass is 204 g/mol. The predicted octanol–water partition coefficient (Wildman–Crippen LogP) is 2.08. The zero-order valence-electron chi connectivity index (χ0n) is 7.46. The minimum absolute atomic E-state index is 0.000745. The standard InChI is InChI=1S/C9H11F3N2/c10-9(11,12)7(4-5-13)8-3-1-2-6-14-8/h1-3,6-7H,4-5,13H2. The van der Waals surface area contributed by atoms with Crippen LogP contribution < -0.4 is 5.73 Å². The van der Waals surface area contributed by atoms with Gasteiger partial charge >= 0.3 is 6.18 Å². The molecule has 0 aliphatic carbocycles. The number of halogens is 3. The molecule has 1 aromatic rings. The molecule has 0 fully saturated rings. The van der Waals surface area contributed by atoms with E-state index in [1.165, 1.54) is 18.3 Å². The first kappa shape index (κ1) is 11.0. The number of pyridine rings is 1. The highest BCUT2D eigenvalue weighted by Gasteiger charge is 2.40. The molecule has 0 saturated carbocycles. The molecular weight excluding hydrogens is 193 g/mol. The van der Waals surface area contributed by atoms with E-state index in [0.717, 1.165) is 0 Å². The van der Waals surface area contributed by atoms with E-state index < -0.39 is 12.1 Å². The van der Waals surface area contributed by atoms with E-state index in [2.05, 4.69) is 4.98 Å². The molecule has 0 aliphatic rings. The van der Waals surface area contributed by atoms with Gasteiger partial charge in [0.05, 0.1) is 11.6 Å². The van der Waals surface area contributed by atoms with Gasteiger partial charge in [-0.05, 0) is 25.1 Å². The molecule has 0 spiro atoms. The van der Waals surface area contributed by atoms with E-state index in [9.17, 15) is 13.2 Å². The third-order valence-electron chi connectivity index (χ3n) is 1.90. The van der Waals surface area contributed by atoms with E-state index in [4.69, 9.17) is 5.73 Å². The summed E-state index contributed by atoms with van der Waals surface area (Å²) in [7, 11) is 0. The van der Waals surface area contributed by atoms with Crippen LogP contribution >= 0.6 is 0 Å². The SMILES string of the molecule is NCCC(c1ccccn1)C(F)(F)F. The van der Waals surface area contributed by atoms with Gasteiger partial charge in [-0.15, -0.1) is 0 Å². The van der Waals surface area contributed by atoms with E-state index in [-0.39, 0.29) is 18.7 Å². The van der Waals surface area contributed by atoms with Crippen molar-refractivity contribution in [3.05, 3.63) is 30.1 Å². The lowest BCUT2D eigenvalue weighted by molar-refractivity contribution is -0.152. The predicted molar refractivity (Wildman–Crippen MR) is 46.7 cm³/mol. The maximum atomic E-state index is 12.5. The van der Waals surface area contributed by atoms with Crippen molar-refractivity contribution in [2.45, 2.75) is 18.5 Å². The molecule has 1 rings (SSSR count). The molecule has 78 valence electrons. The molecule has 14 heavy (non-hydrogen) atoms. The largest absolute Gasteiger partial charge is 0.397 e. The van der Waals surface area contributed by atoms with Gasteiger partial charge in [0.25, 0.3) is 0 Å². The summed E-state index contributed by atoms with van der Waals surface area (Å²) >= 11 is 0. The van der Waals surface area contributed by atoms with E-state index in [1.807, 2.05) is 0 Å². The van der Waals surface area contributed by atoms with Gasteiger partial charge in [0.1, 0.15) is 0 Å². The maximum Gasteiger partial charge on any atom is 0.397 e. The normalized spacial score (nSPS) is 14.0. The summed E-state index contributed by atoms with van der Waals surface area (Å²) in [5.74, 6) is -1.55. The highest BCUT2D eigenvalue weighted by Crippen LogP contribution is 2.35. The molecule has 1 heterocycles. The molecule has 2 N–H and O–H groups in total. The lowest BCUT2D eigenvalue weighted by Crippen LogP contribution is -2.24. The Labute approximate surface area is 79.9 Å². The lowest BCUT2D eigenvalue weighted by Gasteiger charge is -2.18. The quantitative estimate of drug-likeness (QED) is 0.818. The van der Waals surface area contributed by atoms with Crippen LogP contribution in [-0.2, 0) is 0 Å². The Kier molecular flexibility index (Phi) is 3.46. The molecule has 0 aromatic carbocycles. The van der Waals surface area contributed by atoms with Gasteiger partial charge < -0.3 is 5.73 Å². The number of aromatic nitrogens is 1. The van der Waals surface area contributed by atoms with Gasteiger partial charge in [0.2, 0.25) is 0 Å². The fraction of sp³-hybridized carbons (Fsp3) is 0.444. The van der Waals surface area contributed by atoms with Gasteiger partial charge in [-0.1, -0.05) is 6.07 Å². The van der Waals surface area contributed by atoms with Crippen LogP contribution in [-0.4, -0.2) is 17.7 Å². The number of hydrogen-bond donors (Lipinski definition) is 1. The molecule has 1 aromatic heterocycles. The summed E-state index contributed by atoms with van der Waals surface area (Å²) in [6, 6.07) is 4.49. The van der Waals surface area contributed by atoms with Crippen LogP contribution in [0.15, 0.2) is 24.4 Å². The van der Waals surface area contributed by atoms with Crippen molar-refractivity contribution in [1.29, 1.82) is 0 Å². The van der Waals surface area contributed by atoms with E-state index in [1.54, 1.807) is 6.07 Å². The highest BCUT2D eigenvalue weighted by molar-refractivity contribution is 5.11. The van der Waals surface area contributed by atoms with Gasteiger partial charge in [0.15, 0.2) is 0 Å². The Bertz CT molecular complexity index is 271. The summed E-state index contributed by atoms with van der Waals surface area (Å²) in [6.07, 6.45) is -3.04. The molecule has 1 atom stereocenters. The molecule has 0 amide bonds. The molecular formula is C9H11F3N2. The summed E-state index contributed by atoms with van der Waals surface area (Å²) < 4.78 is 37.5. The average Bonchev–Trinajstić information content (AvgIpc) is 2.14. The molecule has 1 unspecified atom stereocenters. The van der Waals surface area contributed by atoms with Crippen LogP contribution in [0.3, 0.4) is 0 Å². The number of rotatable bonds is 3. The van der Waals surface area contributed by atoms with Crippen molar-refractivity contribution in [3.63, 3.8) is 0 Å². The van der Waals surface area contributed by atoms with Gasteiger partial charge in [-0.25, -0.2) is 0 Å². The number of nitrogens with two attached hydrogens (primary N) is 1. The Morgan fingerprint density at radius 1 is 1.36 bits per heavy atom. The summed E-state index contributed by atoms with van der Waals surface area (Å²) in [5, 5.41) is 0. The fourth-order valence-electron chi connectivity index (χ4n) is 1.23. The number of alkyl halides is 3. The maximum absolute atomic E-state index is 12.5. The second kappa shape index (κ2) is 4.41. The molecule has 5 heteroatoms.